The van der Waals surface area contributed by atoms with Gasteiger partial charge in [-0.05, 0) is 31.6 Å². The van der Waals surface area contributed by atoms with Gasteiger partial charge in [0, 0.05) is 29.2 Å². The van der Waals surface area contributed by atoms with Crippen LogP contribution >= 0.6 is 11.8 Å². The second-order valence-electron chi connectivity index (χ2n) is 4.17. The van der Waals surface area contributed by atoms with Crippen LogP contribution < -0.4 is 11.1 Å². The zero-order chi connectivity index (χ0) is 10.9. The van der Waals surface area contributed by atoms with Crippen molar-refractivity contribution in [3.8, 4) is 0 Å². The molecule has 0 bridgehead atoms. The number of nitrogens with one attached hydrogen (secondary N) is 1. The summed E-state index contributed by atoms with van der Waals surface area (Å²) in [7, 11) is 0. The molecule has 1 saturated carbocycles. The van der Waals surface area contributed by atoms with Gasteiger partial charge >= 0.3 is 0 Å². The first kappa shape index (κ1) is 10.6. The highest BCUT2D eigenvalue weighted by Gasteiger charge is 2.41. The number of aryl methyl sites for hydroxylation is 1. The van der Waals surface area contributed by atoms with Crippen molar-refractivity contribution in [3.63, 3.8) is 0 Å². The van der Waals surface area contributed by atoms with Gasteiger partial charge < -0.3 is 11.1 Å². The number of hydrogen-bond acceptors (Lipinski definition) is 4. The lowest BCUT2D eigenvalue weighted by Crippen LogP contribution is -2.18. The maximum Gasteiger partial charge on any atom is 0.128 e. The molecule has 15 heavy (non-hydrogen) atoms. The monoisotopic (exact) mass is 223 g/mol. The molecule has 4 heteroatoms. The summed E-state index contributed by atoms with van der Waals surface area (Å²) in [5, 5.41) is 3.35. The molecule has 0 aromatic carbocycles. The highest BCUT2D eigenvalue weighted by Crippen LogP contribution is 2.46. The number of thioether (sulfide) groups is 1. The fourth-order valence-corrected chi connectivity index (χ4v) is 2.21. The molecule has 1 aromatic rings. The standard InChI is InChI=1S/C11H17N3S/c1-8-6-13-10(5-9(8)12)14-7-11(15-2)3-4-11/h5-6H,3-4,7H2,1-2H3,(H3,12,13,14). The van der Waals surface area contributed by atoms with Crippen molar-refractivity contribution in [1.29, 1.82) is 0 Å². The van der Waals surface area contributed by atoms with Crippen LogP contribution in [-0.2, 0) is 0 Å². The van der Waals surface area contributed by atoms with E-state index in [4.69, 9.17) is 5.73 Å². The summed E-state index contributed by atoms with van der Waals surface area (Å²) >= 11 is 1.94. The summed E-state index contributed by atoms with van der Waals surface area (Å²) < 4.78 is 0.460. The smallest absolute Gasteiger partial charge is 0.128 e. The molecule has 1 aliphatic carbocycles. The van der Waals surface area contributed by atoms with Crippen LogP contribution in [0.15, 0.2) is 12.3 Å². The van der Waals surface area contributed by atoms with Gasteiger partial charge in [0.25, 0.3) is 0 Å². The lowest BCUT2D eigenvalue weighted by atomic mass is 10.2. The molecule has 0 saturated heterocycles. The lowest BCUT2D eigenvalue weighted by Gasteiger charge is -2.14. The number of pyridine rings is 1. The summed E-state index contributed by atoms with van der Waals surface area (Å²) in [4.78, 5) is 4.30. The molecule has 1 aromatic heterocycles. The van der Waals surface area contributed by atoms with Crippen molar-refractivity contribution in [2.75, 3.05) is 23.9 Å². The first-order valence-corrected chi connectivity index (χ1v) is 6.39. The summed E-state index contributed by atoms with van der Waals surface area (Å²) in [6, 6.07) is 1.91. The molecule has 1 aliphatic rings. The van der Waals surface area contributed by atoms with Gasteiger partial charge in [0.1, 0.15) is 5.82 Å². The van der Waals surface area contributed by atoms with Crippen molar-refractivity contribution in [2.45, 2.75) is 24.5 Å². The maximum atomic E-state index is 5.82. The second-order valence-corrected chi connectivity index (χ2v) is 5.44. The van der Waals surface area contributed by atoms with Gasteiger partial charge in [0.05, 0.1) is 0 Å². The van der Waals surface area contributed by atoms with Crippen molar-refractivity contribution >= 4 is 23.3 Å². The second kappa shape index (κ2) is 3.93. The third-order valence-corrected chi connectivity index (χ3v) is 4.40. The number of nitrogens with zero attached hydrogens (tertiary/aromatic N) is 1. The number of rotatable bonds is 4. The molecule has 82 valence electrons. The fraction of sp³-hybridized carbons (Fsp3) is 0.545. The van der Waals surface area contributed by atoms with E-state index in [-0.39, 0.29) is 0 Å². The largest absolute Gasteiger partial charge is 0.398 e. The van der Waals surface area contributed by atoms with Gasteiger partial charge in [-0.3, -0.25) is 0 Å². The minimum atomic E-state index is 0.460. The highest BCUT2D eigenvalue weighted by atomic mass is 32.2. The number of anilines is 2. The van der Waals surface area contributed by atoms with Crippen LogP contribution in [0.4, 0.5) is 11.5 Å². The highest BCUT2D eigenvalue weighted by molar-refractivity contribution is 8.00. The van der Waals surface area contributed by atoms with Crippen molar-refractivity contribution < 1.29 is 0 Å². The Kier molecular flexibility index (Phi) is 2.78. The van der Waals surface area contributed by atoms with E-state index in [9.17, 15) is 0 Å². The zero-order valence-corrected chi connectivity index (χ0v) is 10.0. The van der Waals surface area contributed by atoms with Gasteiger partial charge in [-0.15, -0.1) is 0 Å². The summed E-state index contributed by atoms with van der Waals surface area (Å²) in [6.07, 6.45) is 6.60. The number of hydrogen-bond donors (Lipinski definition) is 2. The zero-order valence-electron chi connectivity index (χ0n) is 9.21. The predicted octanol–water partition coefficient (Wildman–Crippen LogP) is 2.28. The molecule has 0 amide bonds. The van der Waals surface area contributed by atoms with Crippen LogP contribution in [0.25, 0.3) is 0 Å². The fourth-order valence-electron chi connectivity index (χ4n) is 1.48. The van der Waals surface area contributed by atoms with Crippen LogP contribution in [0.1, 0.15) is 18.4 Å². The van der Waals surface area contributed by atoms with E-state index in [2.05, 4.69) is 16.6 Å². The maximum absolute atomic E-state index is 5.82. The van der Waals surface area contributed by atoms with Crippen LogP contribution in [0.3, 0.4) is 0 Å². The molecule has 3 N–H and O–H groups in total. The van der Waals surface area contributed by atoms with E-state index >= 15 is 0 Å². The van der Waals surface area contributed by atoms with E-state index in [1.807, 2.05) is 30.9 Å². The Balaban J connectivity index is 1.96. The Morgan fingerprint density at radius 3 is 2.87 bits per heavy atom. The minimum absolute atomic E-state index is 0.460. The molecule has 1 fully saturated rings. The van der Waals surface area contributed by atoms with Gasteiger partial charge in [-0.25, -0.2) is 4.98 Å². The van der Waals surface area contributed by atoms with Crippen molar-refractivity contribution in [1.82, 2.24) is 4.98 Å². The van der Waals surface area contributed by atoms with Crippen LogP contribution in [0.2, 0.25) is 0 Å². The number of nitrogens with two attached hydrogens (primary N) is 1. The Morgan fingerprint density at radius 2 is 2.33 bits per heavy atom. The molecular weight excluding hydrogens is 206 g/mol. The van der Waals surface area contributed by atoms with Crippen LogP contribution in [0, 0.1) is 6.92 Å². The van der Waals surface area contributed by atoms with E-state index in [1.54, 1.807) is 0 Å². The van der Waals surface area contributed by atoms with E-state index in [0.29, 0.717) is 4.75 Å². The topological polar surface area (TPSA) is 50.9 Å². The van der Waals surface area contributed by atoms with E-state index in [0.717, 1.165) is 23.6 Å². The lowest BCUT2D eigenvalue weighted by molar-refractivity contribution is 0.940. The molecular formula is C11H17N3S. The summed E-state index contributed by atoms with van der Waals surface area (Å²) in [5.74, 6) is 0.887. The van der Waals surface area contributed by atoms with Crippen molar-refractivity contribution in [2.24, 2.45) is 0 Å². The predicted molar refractivity (Wildman–Crippen MR) is 67.4 cm³/mol. The Morgan fingerprint density at radius 1 is 1.60 bits per heavy atom. The molecule has 0 radical (unpaired) electrons. The average molecular weight is 223 g/mol. The molecule has 0 atom stereocenters. The quantitative estimate of drug-likeness (QED) is 0.822. The molecule has 1 heterocycles. The Labute approximate surface area is 94.8 Å². The number of aromatic nitrogens is 1. The normalized spacial score (nSPS) is 17.5. The Hall–Kier alpha value is -0.900. The van der Waals surface area contributed by atoms with Crippen LogP contribution in [-0.4, -0.2) is 22.5 Å². The third kappa shape index (κ3) is 2.37. The average Bonchev–Trinajstić information content (AvgIpc) is 3.01. The number of nitrogen functional groups attached to an aromatic ring is 1. The molecule has 0 spiro atoms. The van der Waals surface area contributed by atoms with Gasteiger partial charge in [0.15, 0.2) is 0 Å². The van der Waals surface area contributed by atoms with Gasteiger partial charge in [-0.1, -0.05) is 0 Å². The minimum Gasteiger partial charge on any atom is -0.398 e. The first-order valence-electron chi connectivity index (χ1n) is 5.16. The Bertz CT molecular complexity index is 361. The molecule has 0 aliphatic heterocycles. The SMILES string of the molecule is CSC1(CNc2cc(N)c(C)cn2)CC1. The first-order chi connectivity index (χ1) is 7.15. The summed E-state index contributed by atoms with van der Waals surface area (Å²) in [5.41, 5.74) is 7.66. The summed E-state index contributed by atoms with van der Waals surface area (Å²) in [6.45, 7) is 2.96. The molecule has 0 unspecified atom stereocenters. The van der Waals surface area contributed by atoms with Gasteiger partial charge in [-0.2, -0.15) is 11.8 Å². The van der Waals surface area contributed by atoms with Crippen molar-refractivity contribution in [3.05, 3.63) is 17.8 Å². The van der Waals surface area contributed by atoms with Crippen LogP contribution in [0.5, 0.6) is 0 Å². The van der Waals surface area contributed by atoms with E-state index in [1.165, 1.54) is 12.8 Å². The van der Waals surface area contributed by atoms with Gasteiger partial charge in [0.2, 0.25) is 0 Å². The molecule has 2 rings (SSSR count). The third-order valence-electron chi connectivity index (χ3n) is 2.98. The van der Waals surface area contributed by atoms with E-state index < -0.39 is 0 Å². The molecule has 3 nitrogen and oxygen atoms in total.